The lowest BCUT2D eigenvalue weighted by Gasteiger charge is -2.12. The number of nitrogens with one attached hydrogen (secondary N) is 1. The van der Waals surface area contributed by atoms with E-state index in [4.69, 9.17) is 14.2 Å². The van der Waals surface area contributed by atoms with Crippen LogP contribution in [-0.2, 0) is 11.2 Å². The largest absolute Gasteiger partial charge is 0.493 e. The summed E-state index contributed by atoms with van der Waals surface area (Å²) in [7, 11) is 3.13. The zero-order valence-electron chi connectivity index (χ0n) is 22.7. The first-order valence-electron chi connectivity index (χ1n) is 12.8. The molecule has 0 bridgehead atoms. The van der Waals surface area contributed by atoms with Crippen molar-refractivity contribution in [2.75, 3.05) is 26.1 Å². The van der Waals surface area contributed by atoms with Crippen molar-refractivity contribution in [3.05, 3.63) is 99.2 Å². The Morgan fingerprint density at radius 2 is 1.68 bits per heavy atom. The molecule has 0 fully saturated rings. The van der Waals surface area contributed by atoms with Crippen LogP contribution < -0.4 is 14.8 Å². The van der Waals surface area contributed by atoms with E-state index in [1.54, 1.807) is 33.3 Å². The van der Waals surface area contributed by atoms with Crippen LogP contribution in [0.4, 0.5) is 5.00 Å². The molecule has 5 rings (SSSR count). The minimum Gasteiger partial charge on any atom is -0.493 e. The average molecular weight is 572 g/mol. The van der Waals surface area contributed by atoms with Crippen molar-refractivity contribution in [2.45, 2.75) is 20.3 Å². The molecule has 0 radical (unpaired) electrons. The van der Waals surface area contributed by atoms with Crippen LogP contribution in [0.2, 0.25) is 0 Å². The summed E-state index contributed by atoms with van der Waals surface area (Å²) in [4.78, 5) is 27.6. The molecule has 0 atom stereocenters. The molecule has 5 aromatic rings. The van der Waals surface area contributed by atoms with Crippen molar-refractivity contribution in [1.29, 1.82) is 0 Å². The molecule has 40 heavy (non-hydrogen) atoms. The Morgan fingerprint density at radius 1 is 0.925 bits per heavy atom. The smallest absolute Gasteiger partial charge is 0.341 e. The van der Waals surface area contributed by atoms with E-state index in [0.29, 0.717) is 38.9 Å². The maximum Gasteiger partial charge on any atom is 0.341 e. The second kappa shape index (κ2) is 11.9. The first-order chi connectivity index (χ1) is 19.4. The Morgan fingerprint density at radius 3 is 2.40 bits per heavy atom. The number of hydrogen-bond donors (Lipinski definition) is 1. The van der Waals surface area contributed by atoms with Crippen LogP contribution in [0.15, 0.2) is 72.1 Å². The van der Waals surface area contributed by atoms with Crippen molar-refractivity contribution in [2.24, 2.45) is 0 Å². The molecule has 2 aromatic heterocycles. The van der Waals surface area contributed by atoms with Crippen LogP contribution in [0.3, 0.4) is 0 Å². The van der Waals surface area contributed by atoms with E-state index in [2.05, 4.69) is 42.6 Å². The SMILES string of the molecule is CCOC(=O)c1c(-c2ccc(OC)c(OC)c2)csc1NC(=O)c1sc2ccccc2c1Cc1ccc(C)cc1. The van der Waals surface area contributed by atoms with Crippen molar-refractivity contribution in [1.82, 2.24) is 0 Å². The van der Waals surface area contributed by atoms with E-state index in [-0.39, 0.29) is 12.5 Å². The minimum atomic E-state index is -0.500. The minimum absolute atomic E-state index is 0.213. The summed E-state index contributed by atoms with van der Waals surface area (Å²) in [5, 5.41) is 6.38. The van der Waals surface area contributed by atoms with Gasteiger partial charge in [0.15, 0.2) is 11.5 Å². The summed E-state index contributed by atoms with van der Waals surface area (Å²) in [5.41, 5.74) is 4.99. The highest BCUT2D eigenvalue weighted by Crippen LogP contribution is 2.41. The van der Waals surface area contributed by atoms with Gasteiger partial charge in [-0.05, 0) is 60.5 Å². The van der Waals surface area contributed by atoms with Gasteiger partial charge in [-0.1, -0.05) is 54.1 Å². The molecule has 1 amide bonds. The van der Waals surface area contributed by atoms with E-state index >= 15 is 0 Å². The molecule has 0 aliphatic heterocycles. The number of carbonyl (C=O) groups excluding carboxylic acids is 2. The second-order valence-corrected chi connectivity index (χ2v) is 11.1. The van der Waals surface area contributed by atoms with Gasteiger partial charge >= 0.3 is 5.97 Å². The number of thiophene rings is 2. The van der Waals surface area contributed by atoms with Crippen LogP contribution in [0.25, 0.3) is 21.2 Å². The molecular weight excluding hydrogens is 542 g/mol. The zero-order chi connectivity index (χ0) is 28.2. The highest BCUT2D eigenvalue weighted by atomic mass is 32.1. The molecule has 0 aliphatic rings. The summed E-state index contributed by atoms with van der Waals surface area (Å²) >= 11 is 2.75. The molecule has 0 saturated carbocycles. The summed E-state index contributed by atoms with van der Waals surface area (Å²) < 4.78 is 17.3. The molecule has 0 aliphatic carbocycles. The molecule has 0 unspecified atom stereocenters. The van der Waals surface area contributed by atoms with Gasteiger partial charge in [0.25, 0.3) is 5.91 Å². The fourth-order valence-corrected chi connectivity index (χ4v) is 6.67. The third kappa shape index (κ3) is 5.46. The Balaban J connectivity index is 1.54. The average Bonchev–Trinajstić information content (AvgIpc) is 3.55. The number of anilines is 1. The third-order valence-electron chi connectivity index (χ3n) is 6.60. The van der Waals surface area contributed by atoms with Gasteiger partial charge in [0, 0.05) is 15.6 Å². The summed E-state index contributed by atoms with van der Waals surface area (Å²) in [5.74, 6) is 0.366. The van der Waals surface area contributed by atoms with Gasteiger partial charge in [0.2, 0.25) is 0 Å². The van der Waals surface area contributed by atoms with E-state index < -0.39 is 5.97 Å². The second-order valence-electron chi connectivity index (χ2n) is 9.17. The first kappa shape index (κ1) is 27.4. The van der Waals surface area contributed by atoms with E-state index in [1.807, 2.05) is 29.6 Å². The van der Waals surface area contributed by atoms with Crippen molar-refractivity contribution in [3.63, 3.8) is 0 Å². The predicted octanol–water partition coefficient (Wildman–Crippen LogP) is 7.98. The van der Waals surface area contributed by atoms with E-state index in [0.717, 1.165) is 26.8 Å². The Hall–Kier alpha value is -4.14. The number of hydrogen-bond acceptors (Lipinski definition) is 7. The molecule has 2 heterocycles. The number of aryl methyl sites for hydroxylation is 1. The number of benzene rings is 3. The molecule has 8 heteroatoms. The van der Waals surface area contributed by atoms with Gasteiger partial charge in [-0.25, -0.2) is 4.79 Å². The van der Waals surface area contributed by atoms with Gasteiger partial charge in [0.1, 0.15) is 10.6 Å². The molecule has 1 N–H and O–H groups in total. The number of rotatable bonds is 9. The number of fused-ring (bicyclic) bond motifs is 1. The Labute approximate surface area is 241 Å². The predicted molar refractivity (Wildman–Crippen MR) is 163 cm³/mol. The highest BCUT2D eigenvalue weighted by Gasteiger charge is 2.26. The molecule has 6 nitrogen and oxygen atoms in total. The Bertz CT molecular complexity index is 1680. The first-order valence-corrected chi connectivity index (χ1v) is 14.5. The topological polar surface area (TPSA) is 73.9 Å². The van der Waals surface area contributed by atoms with Crippen LogP contribution in [-0.4, -0.2) is 32.7 Å². The lowest BCUT2D eigenvalue weighted by atomic mass is 10.0. The summed E-state index contributed by atoms with van der Waals surface area (Å²) in [6.45, 7) is 4.03. The Kier molecular flexibility index (Phi) is 8.19. The van der Waals surface area contributed by atoms with Crippen LogP contribution in [0.5, 0.6) is 11.5 Å². The van der Waals surface area contributed by atoms with Crippen LogP contribution >= 0.6 is 22.7 Å². The number of carbonyl (C=O) groups is 2. The lowest BCUT2D eigenvalue weighted by molar-refractivity contribution is 0.0529. The number of esters is 1. The molecule has 204 valence electrons. The molecule has 0 spiro atoms. The molecule has 3 aromatic carbocycles. The maximum absolute atomic E-state index is 13.8. The number of amides is 1. The van der Waals surface area contributed by atoms with Crippen LogP contribution in [0, 0.1) is 6.92 Å². The standard InChI is InChI=1S/C32H29NO5S2/c1-5-38-32(35)28-24(21-14-15-25(36-3)26(17-21)37-4)18-39-31(28)33-30(34)29-23(16-20-12-10-19(2)11-13-20)22-8-6-7-9-27(22)40-29/h6-15,17-18H,5,16H2,1-4H3,(H,33,34). The monoisotopic (exact) mass is 571 g/mol. The van der Waals surface area contributed by atoms with Gasteiger partial charge < -0.3 is 19.5 Å². The van der Waals surface area contributed by atoms with Gasteiger partial charge in [-0.15, -0.1) is 22.7 Å². The number of methoxy groups -OCH3 is 2. The molecular formula is C32H29NO5S2. The van der Waals surface area contributed by atoms with Crippen molar-refractivity contribution >= 4 is 49.6 Å². The molecule has 0 saturated heterocycles. The van der Waals surface area contributed by atoms with Gasteiger partial charge in [0.05, 0.1) is 25.7 Å². The van der Waals surface area contributed by atoms with Gasteiger partial charge in [-0.3, -0.25) is 4.79 Å². The lowest BCUT2D eigenvalue weighted by Crippen LogP contribution is -2.15. The van der Waals surface area contributed by atoms with Crippen molar-refractivity contribution in [3.8, 4) is 22.6 Å². The third-order valence-corrected chi connectivity index (χ3v) is 8.71. The normalized spacial score (nSPS) is 10.9. The van der Waals surface area contributed by atoms with E-state index in [9.17, 15) is 9.59 Å². The summed E-state index contributed by atoms with van der Waals surface area (Å²) in [6, 6.07) is 21.8. The highest BCUT2D eigenvalue weighted by molar-refractivity contribution is 7.21. The summed E-state index contributed by atoms with van der Waals surface area (Å²) in [6.07, 6.45) is 0.624. The van der Waals surface area contributed by atoms with Crippen molar-refractivity contribution < 1.29 is 23.8 Å². The fraction of sp³-hybridized carbons (Fsp3) is 0.188. The van der Waals surface area contributed by atoms with Crippen LogP contribution in [0.1, 0.15) is 43.6 Å². The number of ether oxygens (including phenoxy) is 3. The fourth-order valence-electron chi connectivity index (χ4n) is 4.60. The quantitative estimate of drug-likeness (QED) is 0.182. The van der Waals surface area contributed by atoms with Gasteiger partial charge in [-0.2, -0.15) is 0 Å². The van der Waals surface area contributed by atoms with E-state index in [1.165, 1.54) is 28.2 Å². The maximum atomic E-state index is 13.8. The zero-order valence-corrected chi connectivity index (χ0v) is 24.3.